The zero-order valence-corrected chi connectivity index (χ0v) is 12.6. The predicted molar refractivity (Wildman–Crippen MR) is 88.1 cm³/mol. The smallest absolute Gasteiger partial charge is 0.227 e. The van der Waals surface area contributed by atoms with Gasteiger partial charge < -0.3 is 15.4 Å². The monoisotopic (exact) mass is 296 g/mol. The van der Waals surface area contributed by atoms with E-state index in [1.165, 1.54) is 0 Å². The minimum absolute atomic E-state index is 0.134. The van der Waals surface area contributed by atoms with Crippen molar-refractivity contribution >= 4 is 17.3 Å². The molecule has 0 aliphatic heterocycles. The van der Waals surface area contributed by atoms with Crippen LogP contribution in [0.1, 0.15) is 18.4 Å². The second kappa shape index (κ2) is 6.52. The van der Waals surface area contributed by atoms with Crippen LogP contribution in [0.15, 0.2) is 48.5 Å². The lowest BCUT2D eigenvalue weighted by Gasteiger charge is -2.11. The van der Waals surface area contributed by atoms with Crippen LogP contribution in [0.2, 0.25) is 0 Å². The molecule has 0 radical (unpaired) electrons. The number of carbonyl (C=O) groups is 1. The Bertz CT molecular complexity index is 648. The van der Waals surface area contributed by atoms with Gasteiger partial charge in [0.2, 0.25) is 5.91 Å². The quantitative estimate of drug-likeness (QED) is 0.855. The van der Waals surface area contributed by atoms with Gasteiger partial charge in [-0.2, -0.15) is 0 Å². The molecule has 1 aliphatic rings. The van der Waals surface area contributed by atoms with Gasteiger partial charge in [-0.05, 0) is 43.2 Å². The first-order valence-corrected chi connectivity index (χ1v) is 7.53. The van der Waals surface area contributed by atoms with Crippen LogP contribution in [0.25, 0.3) is 0 Å². The van der Waals surface area contributed by atoms with Gasteiger partial charge >= 0.3 is 0 Å². The Morgan fingerprint density at radius 2 is 1.77 bits per heavy atom. The Balaban J connectivity index is 1.57. The predicted octanol–water partition coefficient (Wildman–Crippen LogP) is 3.66. The second-order valence-electron chi connectivity index (χ2n) is 5.51. The molecule has 1 amide bonds. The third-order valence-electron chi connectivity index (χ3n) is 3.78. The van der Waals surface area contributed by atoms with Crippen molar-refractivity contribution in [3.8, 4) is 5.75 Å². The average molecular weight is 296 g/mol. The van der Waals surface area contributed by atoms with E-state index >= 15 is 0 Å². The molecule has 0 unspecified atom stereocenters. The largest absolute Gasteiger partial charge is 0.496 e. The van der Waals surface area contributed by atoms with Crippen LogP contribution in [0.3, 0.4) is 0 Å². The summed E-state index contributed by atoms with van der Waals surface area (Å²) in [4.78, 5) is 11.7. The summed E-state index contributed by atoms with van der Waals surface area (Å²) in [5.41, 5.74) is 2.96. The number of para-hydroxylation sites is 1. The topological polar surface area (TPSA) is 50.4 Å². The molecular formula is C18H20N2O2. The number of amides is 1. The molecule has 1 fully saturated rings. The number of hydrogen-bond donors (Lipinski definition) is 2. The Kier molecular flexibility index (Phi) is 4.28. The second-order valence-corrected chi connectivity index (χ2v) is 5.51. The summed E-state index contributed by atoms with van der Waals surface area (Å²) in [6.45, 7) is 0.692. The van der Waals surface area contributed by atoms with Crippen LogP contribution in [-0.2, 0) is 11.3 Å². The number of benzene rings is 2. The van der Waals surface area contributed by atoms with Crippen molar-refractivity contribution in [3.63, 3.8) is 0 Å². The molecule has 2 aromatic carbocycles. The van der Waals surface area contributed by atoms with Crippen LogP contribution in [0.4, 0.5) is 11.4 Å². The fraction of sp³-hybridized carbons (Fsp3) is 0.278. The van der Waals surface area contributed by atoms with Gasteiger partial charge in [0.05, 0.1) is 7.11 Å². The normalized spacial score (nSPS) is 13.5. The van der Waals surface area contributed by atoms with Gasteiger partial charge in [-0.3, -0.25) is 4.79 Å². The molecule has 4 nitrogen and oxygen atoms in total. The van der Waals surface area contributed by atoms with Crippen molar-refractivity contribution in [3.05, 3.63) is 54.1 Å². The summed E-state index contributed by atoms with van der Waals surface area (Å²) >= 11 is 0. The van der Waals surface area contributed by atoms with E-state index in [9.17, 15) is 4.79 Å². The fourth-order valence-corrected chi connectivity index (χ4v) is 2.31. The van der Waals surface area contributed by atoms with Crippen LogP contribution in [-0.4, -0.2) is 13.0 Å². The first-order chi connectivity index (χ1) is 10.8. The molecule has 0 spiro atoms. The highest BCUT2D eigenvalue weighted by Crippen LogP contribution is 2.30. The van der Waals surface area contributed by atoms with Crippen LogP contribution in [0.5, 0.6) is 5.75 Å². The van der Waals surface area contributed by atoms with Crippen molar-refractivity contribution in [1.82, 2.24) is 0 Å². The van der Waals surface area contributed by atoms with E-state index in [4.69, 9.17) is 4.74 Å². The summed E-state index contributed by atoms with van der Waals surface area (Å²) in [5, 5.41) is 6.29. The molecule has 0 heterocycles. The first kappa shape index (κ1) is 14.4. The Hall–Kier alpha value is -2.49. The lowest BCUT2D eigenvalue weighted by Crippen LogP contribution is -2.13. The van der Waals surface area contributed by atoms with Gasteiger partial charge in [0, 0.05) is 29.4 Å². The summed E-state index contributed by atoms with van der Waals surface area (Å²) in [6, 6.07) is 15.7. The maximum atomic E-state index is 11.7. The van der Waals surface area contributed by atoms with Gasteiger partial charge in [0.25, 0.3) is 0 Å². The van der Waals surface area contributed by atoms with Crippen LogP contribution in [0, 0.1) is 5.92 Å². The van der Waals surface area contributed by atoms with E-state index in [0.717, 1.165) is 35.5 Å². The zero-order valence-electron chi connectivity index (χ0n) is 12.6. The SMILES string of the molecule is COc1ccccc1CNc1ccc(NC(=O)C2CC2)cc1. The third-order valence-corrected chi connectivity index (χ3v) is 3.78. The molecule has 0 aromatic heterocycles. The molecule has 2 N–H and O–H groups in total. The molecular weight excluding hydrogens is 276 g/mol. The minimum Gasteiger partial charge on any atom is -0.496 e. The standard InChI is InChI=1S/C18H20N2O2/c1-22-17-5-3-2-4-14(17)12-19-15-8-10-16(11-9-15)20-18(21)13-6-7-13/h2-5,8-11,13,19H,6-7,12H2,1H3,(H,20,21). The van der Waals surface area contributed by atoms with E-state index < -0.39 is 0 Å². The third kappa shape index (κ3) is 3.58. The number of anilines is 2. The molecule has 1 aliphatic carbocycles. The molecule has 2 aromatic rings. The van der Waals surface area contributed by atoms with Gasteiger partial charge in [-0.15, -0.1) is 0 Å². The Morgan fingerprint density at radius 1 is 1.09 bits per heavy atom. The summed E-state index contributed by atoms with van der Waals surface area (Å²) < 4.78 is 5.34. The van der Waals surface area contributed by atoms with E-state index in [1.807, 2.05) is 48.5 Å². The van der Waals surface area contributed by atoms with Crippen molar-refractivity contribution in [2.24, 2.45) is 5.92 Å². The lowest BCUT2D eigenvalue weighted by molar-refractivity contribution is -0.117. The number of nitrogens with one attached hydrogen (secondary N) is 2. The Morgan fingerprint density at radius 3 is 2.45 bits per heavy atom. The molecule has 0 bridgehead atoms. The van der Waals surface area contributed by atoms with E-state index in [1.54, 1.807) is 7.11 Å². The van der Waals surface area contributed by atoms with Crippen molar-refractivity contribution in [2.45, 2.75) is 19.4 Å². The number of hydrogen-bond acceptors (Lipinski definition) is 3. The van der Waals surface area contributed by atoms with Crippen molar-refractivity contribution < 1.29 is 9.53 Å². The highest BCUT2D eigenvalue weighted by atomic mass is 16.5. The number of methoxy groups -OCH3 is 1. The first-order valence-electron chi connectivity index (χ1n) is 7.53. The van der Waals surface area contributed by atoms with Gasteiger partial charge in [-0.25, -0.2) is 0 Å². The molecule has 1 saturated carbocycles. The highest BCUT2D eigenvalue weighted by Gasteiger charge is 2.29. The van der Waals surface area contributed by atoms with E-state index in [0.29, 0.717) is 6.54 Å². The highest BCUT2D eigenvalue weighted by molar-refractivity contribution is 5.94. The summed E-state index contributed by atoms with van der Waals surface area (Å²) in [7, 11) is 1.68. The van der Waals surface area contributed by atoms with Crippen LogP contribution >= 0.6 is 0 Å². The number of carbonyl (C=O) groups excluding carboxylic acids is 1. The molecule has 3 rings (SSSR count). The zero-order chi connectivity index (χ0) is 15.4. The number of rotatable bonds is 6. The van der Waals surface area contributed by atoms with E-state index in [2.05, 4.69) is 10.6 Å². The Labute approximate surface area is 130 Å². The van der Waals surface area contributed by atoms with Crippen molar-refractivity contribution in [2.75, 3.05) is 17.7 Å². The van der Waals surface area contributed by atoms with Gasteiger partial charge in [-0.1, -0.05) is 18.2 Å². The maximum absolute atomic E-state index is 11.7. The molecule has 4 heteroatoms. The van der Waals surface area contributed by atoms with Gasteiger partial charge in [0.15, 0.2) is 0 Å². The van der Waals surface area contributed by atoms with E-state index in [-0.39, 0.29) is 11.8 Å². The van der Waals surface area contributed by atoms with Gasteiger partial charge in [0.1, 0.15) is 5.75 Å². The molecule has 0 saturated heterocycles. The summed E-state index contributed by atoms with van der Waals surface area (Å²) in [6.07, 6.45) is 2.04. The van der Waals surface area contributed by atoms with Crippen molar-refractivity contribution in [1.29, 1.82) is 0 Å². The number of ether oxygens (including phenoxy) is 1. The maximum Gasteiger partial charge on any atom is 0.227 e. The minimum atomic E-state index is 0.134. The van der Waals surface area contributed by atoms with Crippen LogP contribution < -0.4 is 15.4 Å². The average Bonchev–Trinajstić information content (AvgIpc) is 3.39. The molecule has 114 valence electrons. The fourth-order valence-electron chi connectivity index (χ4n) is 2.31. The summed E-state index contributed by atoms with van der Waals surface area (Å²) in [5.74, 6) is 1.24. The molecule has 0 atom stereocenters. The lowest BCUT2D eigenvalue weighted by atomic mass is 10.2. The molecule has 22 heavy (non-hydrogen) atoms.